The van der Waals surface area contributed by atoms with Crippen molar-refractivity contribution in [3.63, 3.8) is 0 Å². The van der Waals surface area contributed by atoms with Crippen LogP contribution in [-0.2, 0) is 38.2 Å². The molecule has 2 atom stereocenters. The number of hydrogen-bond acceptors (Lipinski definition) is 10. The number of urea groups is 2. The second kappa shape index (κ2) is 33.6. The Morgan fingerprint density at radius 2 is 0.861 bits per heavy atom. The molecule has 0 aromatic heterocycles. The SMILES string of the molecule is CC(C=CC=C(C)C=CC1=C(C)C(=O)C(OC(=O)CNC(=O)NCCCC(=O)O)CC1(C)C)=CC=CC=C(C)C=CC=C(C)C=CC1=C(C)C(=O)C(OC(=O)CNC(=O)NCCCC(=O)O)CC1(C)C.[Na].[Na]. The number of ether oxygens (including phenoxy) is 2. The van der Waals surface area contributed by atoms with Crippen LogP contribution in [-0.4, -0.2) is 155 Å². The van der Waals surface area contributed by atoms with Gasteiger partial charge in [-0.2, -0.15) is 0 Å². The molecule has 2 unspecified atom stereocenters. The summed E-state index contributed by atoms with van der Waals surface area (Å²) in [5.74, 6) is -4.02. The molecule has 18 heteroatoms. The molecule has 2 rings (SSSR count). The number of carbonyl (C=O) groups excluding carboxylic acids is 6. The van der Waals surface area contributed by atoms with Gasteiger partial charge in [-0.15, -0.1) is 0 Å². The van der Waals surface area contributed by atoms with Gasteiger partial charge in [0.1, 0.15) is 13.1 Å². The number of rotatable bonds is 24. The second-order valence-electron chi connectivity index (χ2n) is 18.6. The van der Waals surface area contributed by atoms with Gasteiger partial charge in [0.25, 0.3) is 0 Å². The van der Waals surface area contributed by atoms with Crippen molar-refractivity contribution >= 4 is 107 Å². The average Bonchev–Trinajstić information content (AvgIpc) is 3.27. The van der Waals surface area contributed by atoms with E-state index >= 15 is 0 Å². The van der Waals surface area contributed by atoms with E-state index in [-0.39, 0.29) is 122 Å². The van der Waals surface area contributed by atoms with E-state index in [9.17, 15) is 38.4 Å². The molecular weight excluding hydrogens is 943 g/mol. The minimum Gasteiger partial charge on any atom is -0.481 e. The molecule has 0 saturated carbocycles. The Balaban J connectivity index is 0.0000252. The molecule has 382 valence electrons. The van der Waals surface area contributed by atoms with Crippen molar-refractivity contribution in [2.24, 2.45) is 10.8 Å². The second-order valence-corrected chi connectivity index (χ2v) is 18.6. The van der Waals surface area contributed by atoms with Gasteiger partial charge in [0, 0.05) is 97.9 Å². The van der Waals surface area contributed by atoms with Crippen LogP contribution >= 0.6 is 0 Å². The molecule has 0 aromatic rings. The number of carbonyl (C=O) groups is 8. The molecule has 0 bridgehead atoms. The topological polar surface area (TPSA) is 244 Å². The predicted molar refractivity (Wildman–Crippen MR) is 281 cm³/mol. The summed E-state index contributed by atoms with van der Waals surface area (Å²) in [4.78, 5) is 96.3. The third-order valence-electron chi connectivity index (χ3n) is 11.3. The van der Waals surface area contributed by atoms with Gasteiger partial charge in [-0.25, -0.2) is 9.59 Å². The third-order valence-corrected chi connectivity index (χ3v) is 11.3. The number of aliphatic carboxylic acids is 2. The molecule has 0 saturated heterocycles. The molecule has 0 aromatic carbocycles. The van der Waals surface area contributed by atoms with E-state index in [1.807, 2.05) is 140 Å². The summed E-state index contributed by atoms with van der Waals surface area (Å²) in [6, 6.07) is -1.27. The van der Waals surface area contributed by atoms with Crippen molar-refractivity contribution in [1.82, 2.24) is 21.3 Å². The Morgan fingerprint density at radius 1 is 0.542 bits per heavy atom. The standard InChI is InChI=1S/C54H72N4O12.2Na/c1-35(19-13-21-37(3)25-27-41-39(5)49(65)43(31-53(41,7)8)69-47(63)33-57-51(67)55-29-15-23-45(59)60)17-11-12-18-36(2)20-14-22-38(4)26-28-42-40(6)50(66)44(32-54(42,9)10)70-48(64)34-58-52(68)56-30-16-24-46(61)62;;/h11-14,17-22,25-28,43-44H,15-16,23-24,29-34H2,1-10H3,(H,59,60)(H,61,62)(H2,55,57,67)(H2,56,58,68);;. The molecule has 0 heterocycles. The van der Waals surface area contributed by atoms with Crippen LogP contribution in [0.3, 0.4) is 0 Å². The van der Waals surface area contributed by atoms with Crippen LogP contribution in [0.5, 0.6) is 0 Å². The predicted octanol–water partition coefficient (Wildman–Crippen LogP) is 7.57. The van der Waals surface area contributed by atoms with E-state index in [1.54, 1.807) is 13.8 Å². The first-order valence-electron chi connectivity index (χ1n) is 23.3. The summed E-state index contributed by atoms with van der Waals surface area (Å²) in [6.45, 7) is 18.7. The van der Waals surface area contributed by atoms with Crippen molar-refractivity contribution in [2.45, 2.75) is 120 Å². The molecule has 0 spiro atoms. The molecular formula is C54H72N4Na2O12. The summed E-state index contributed by atoms with van der Waals surface area (Å²) in [6.07, 6.45) is 26.4. The number of ketones is 2. The summed E-state index contributed by atoms with van der Waals surface area (Å²) >= 11 is 0. The quantitative estimate of drug-likeness (QED) is 0.0237. The van der Waals surface area contributed by atoms with E-state index in [0.717, 1.165) is 33.4 Å². The zero-order chi connectivity index (χ0) is 52.6. The first kappa shape index (κ1) is 66.9. The van der Waals surface area contributed by atoms with Crippen molar-refractivity contribution in [3.05, 3.63) is 130 Å². The molecule has 72 heavy (non-hydrogen) atoms. The molecule has 16 nitrogen and oxygen atoms in total. The zero-order valence-electron chi connectivity index (χ0n) is 44.3. The van der Waals surface area contributed by atoms with Gasteiger partial charge in [0.05, 0.1) is 0 Å². The average molecular weight is 1020 g/mol. The fourth-order valence-electron chi connectivity index (χ4n) is 7.47. The van der Waals surface area contributed by atoms with Gasteiger partial charge in [-0.05, 0) is 87.5 Å². The summed E-state index contributed by atoms with van der Waals surface area (Å²) in [5.41, 5.74) is 5.74. The Labute approximate surface area is 469 Å². The van der Waals surface area contributed by atoms with Crippen LogP contribution in [0.25, 0.3) is 0 Å². The zero-order valence-corrected chi connectivity index (χ0v) is 48.3. The van der Waals surface area contributed by atoms with Crippen LogP contribution in [0.15, 0.2) is 130 Å². The van der Waals surface area contributed by atoms with Crippen molar-refractivity contribution < 1.29 is 58.0 Å². The van der Waals surface area contributed by atoms with Crippen LogP contribution in [0, 0.1) is 10.8 Å². The minimum atomic E-state index is -0.980. The Morgan fingerprint density at radius 3 is 1.19 bits per heavy atom. The molecule has 2 radical (unpaired) electrons. The van der Waals surface area contributed by atoms with Gasteiger partial charge in [0.2, 0.25) is 0 Å². The maximum absolute atomic E-state index is 13.2. The number of Topliss-reactive ketones (excluding diaryl/α,β-unsaturated/α-hetero) is 2. The van der Waals surface area contributed by atoms with Crippen LogP contribution < -0.4 is 21.3 Å². The van der Waals surface area contributed by atoms with E-state index in [2.05, 4.69) is 21.3 Å². The number of esters is 2. The Bertz CT molecular complexity index is 2180. The van der Waals surface area contributed by atoms with Crippen molar-refractivity contribution in [2.75, 3.05) is 26.2 Å². The molecule has 0 aliphatic heterocycles. The van der Waals surface area contributed by atoms with Gasteiger partial charge in [-0.3, -0.25) is 28.8 Å². The number of carboxylic acid groups (broad SMARTS) is 2. The maximum atomic E-state index is 13.2. The van der Waals surface area contributed by atoms with E-state index in [0.29, 0.717) is 11.1 Å². The fraction of sp³-hybridized carbons (Fsp3) is 0.444. The Hall–Kier alpha value is -5.10. The van der Waals surface area contributed by atoms with Crippen molar-refractivity contribution in [1.29, 1.82) is 0 Å². The monoisotopic (exact) mass is 1010 g/mol. The molecule has 2 aliphatic carbocycles. The van der Waals surface area contributed by atoms with Gasteiger partial charge >= 0.3 is 35.9 Å². The number of hydrogen-bond donors (Lipinski definition) is 6. The largest absolute Gasteiger partial charge is 0.481 e. The van der Waals surface area contributed by atoms with Crippen molar-refractivity contribution in [3.8, 4) is 0 Å². The third kappa shape index (κ3) is 25.5. The summed E-state index contributed by atoms with van der Waals surface area (Å²) < 4.78 is 10.9. The van der Waals surface area contributed by atoms with E-state index < -0.39 is 72.1 Å². The minimum absolute atomic E-state index is 0. The summed E-state index contributed by atoms with van der Waals surface area (Å²) in [5, 5.41) is 27.0. The molecule has 2 aliphatic rings. The smallest absolute Gasteiger partial charge is 0.326 e. The number of amides is 4. The van der Waals surface area contributed by atoms with Gasteiger partial charge in [-0.1, -0.05) is 135 Å². The van der Waals surface area contributed by atoms with Crippen LogP contribution in [0.2, 0.25) is 0 Å². The molecule has 0 fully saturated rings. The van der Waals surface area contributed by atoms with E-state index in [1.165, 1.54) is 0 Å². The Kier molecular flexibility index (Phi) is 31.2. The molecule has 6 N–H and O–H groups in total. The number of nitrogens with one attached hydrogen (secondary N) is 4. The first-order valence-corrected chi connectivity index (χ1v) is 23.3. The summed E-state index contributed by atoms with van der Waals surface area (Å²) in [7, 11) is 0. The van der Waals surface area contributed by atoms with Crippen LogP contribution in [0.1, 0.15) is 108 Å². The van der Waals surface area contributed by atoms with E-state index in [4.69, 9.17) is 19.7 Å². The maximum Gasteiger partial charge on any atom is 0.326 e. The van der Waals surface area contributed by atoms with Gasteiger partial charge in [0.15, 0.2) is 23.8 Å². The fourth-order valence-corrected chi connectivity index (χ4v) is 7.47. The number of allylic oxidation sites excluding steroid dienone is 20. The van der Waals surface area contributed by atoms with Crippen LogP contribution in [0.4, 0.5) is 9.59 Å². The number of carboxylic acids is 2. The molecule has 4 amide bonds. The normalized spacial score (nSPS) is 18.6. The first-order chi connectivity index (χ1) is 32.8. The van der Waals surface area contributed by atoms with Gasteiger partial charge < -0.3 is 41.0 Å².